The Balaban J connectivity index is 2.11. The van der Waals surface area contributed by atoms with Crippen LogP contribution in [0, 0.1) is 0 Å². The van der Waals surface area contributed by atoms with Crippen LogP contribution in [0.15, 0.2) is 47.4 Å². The summed E-state index contributed by atoms with van der Waals surface area (Å²) in [4.78, 5) is 14.7. The molecule has 7 N–H and O–H groups in total. The van der Waals surface area contributed by atoms with Gasteiger partial charge in [-0.05, 0) is 54.3 Å². The fourth-order valence-electron chi connectivity index (χ4n) is 5.35. The molecular weight excluding hydrogens is 566 g/mol. The molecule has 12 nitrogen and oxygen atoms in total. The Kier molecular flexibility index (Phi) is 11.1. The molecule has 13 heteroatoms. The Hall–Kier alpha value is -2.62. The van der Waals surface area contributed by atoms with E-state index in [1.54, 1.807) is 30.3 Å². The number of hydroxylamine groups is 2. The number of nitrogens with one attached hydrogen (secondary N) is 1. The van der Waals surface area contributed by atoms with Gasteiger partial charge < -0.3 is 41.0 Å². The predicted octanol–water partition coefficient (Wildman–Crippen LogP) is 1.03. The largest absolute Gasteiger partial charge is 0.394 e. The van der Waals surface area contributed by atoms with Gasteiger partial charge in [-0.1, -0.05) is 38.8 Å². The SMILES string of the molecule is CCCC[C@]1(CC)CS(=O)(=O)c2ccc(N(C)C)cc2[C@@H](c2cccc(NC(=O)[C@H](O)[C@@H](O)[C@H](O)[C@H](O)CO)c2)N1O. The van der Waals surface area contributed by atoms with Crippen LogP contribution >= 0.6 is 0 Å². The molecule has 0 fully saturated rings. The van der Waals surface area contributed by atoms with Crippen molar-refractivity contribution < 1.29 is 44.0 Å². The molecule has 0 unspecified atom stereocenters. The predicted molar refractivity (Wildman–Crippen MR) is 157 cm³/mol. The maximum absolute atomic E-state index is 13.8. The number of hydrogen-bond donors (Lipinski definition) is 7. The third-order valence-electron chi connectivity index (χ3n) is 7.98. The number of fused-ring (bicyclic) bond motifs is 1. The van der Waals surface area contributed by atoms with Gasteiger partial charge in [-0.3, -0.25) is 4.79 Å². The molecule has 1 aliphatic heterocycles. The Bertz CT molecular complexity index is 1340. The summed E-state index contributed by atoms with van der Waals surface area (Å²) in [5.74, 6) is -1.37. The molecule has 2 aromatic carbocycles. The Morgan fingerprint density at radius 2 is 1.79 bits per heavy atom. The maximum Gasteiger partial charge on any atom is 0.256 e. The molecule has 1 amide bonds. The van der Waals surface area contributed by atoms with Gasteiger partial charge in [0.1, 0.15) is 18.3 Å². The van der Waals surface area contributed by atoms with Gasteiger partial charge >= 0.3 is 0 Å². The number of anilines is 2. The van der Waals surface area contributed by atoms with E-state index < -0.39 is 58.3 Å². The van der Waals surface area contributed by atoms with Crippen molar-refractivity contribution in [3.05, 3.63) is 53.6 Å². The average molecular weight is 610 g/mol. The molecule has 42 heavy (non-hydrogen) atoms. The molecule has 1 aliphatic rings. The van der Waals surface area contributed by atoms with Gasteiger partial charge in [-0.15, -0.1) is 0 Å². The van der Waals surface area contributed by atoms with Gasteiger partial charge in [0.25, 0.3) is 5.91 Å². The van der Waals surface area contributed by atoms with E-state index in [0.29, 0.717) is 30.4 Å². The number of hydrogen-bond acceptors (Lipinski definition) is 11. The van der Waals surface area contributed by atoms with Gasteiger partial charge in [0.15, 0.2) is 15.9 Å². The molecule has 0 radical (unpaired) electrons. The summed E-state index contributed by atoms with van der Waals surface area (Å²) in [7, 11) is -0.181. The fourth-order valence-corrected chi connectivity index (χ4v) is 7.50. The van der Waals surface area contributed by atoms with Gasteiger partial charge in [0, 0.05) is 25.5 Å². The summed E-state index contributed by atoms with van der Waals surface area (Å²) in [6, 6.07) is 10.4. The lowest BCUT2D eigenvalue weighted by atomic mass is 9.87. The van der Waals surface area contributed by atoms with E-state index in [1.165, 1.54) is 12.1 Å². The van der Waals surface area contributed by atoms with Crippen LogP contribution in [0.3, 0.4) is 0 Å². The first-order valence-corrected chi connectivity index (χ1v) is 15.6. The summed E-state index contributed by atoms with van der Waals surface area (Å²) < 4.78 is 27.6. The van der Waals surface area contributed by atoms with Crippen LogP contribution in [0.4, 0.5) is 11.4 Å². The smallest absolute Gasteiger partial charge is 0.256 e. The second-order valence-corrected chi connectivity index (χ2v) is 13.1. The zero-order valence-electron chi connectivity index (χ0n) is 24.4. The van der Waals surface area contributed by atoms with Crippen LogP contribution in [0.5, 0.6) is 0 Å². The summed E-state index contributed by atoms with van der Waals surface area (Å²) in [6.45, 7) is 2.95. The minimum absolute atomic E-state index is 0.105. The summed E-state index contributed by atoms with van der Waals surface area (Å²) >= 11 is 0. The number of carbonyl (C=O) groups is 1. The molecule has 0 aromatic heterocycles. The third-order valence-corrected chi connectivity index (χ3v) is 9.93. The lowest BCUT2D eigenvalue weighted by molar-refractivity contribution is -0.193. The van der Waals surface area contributed by atoms with Crippen molar-refractivity contribution in [2.24, 2.45) is 0 Å². The quantitative estimate of drug-likeness (QED) is 0.182. The molecule has 0 aliphatic carbocycles. The lowest BCUT2D eigenvalue weighted by Gasteiger charge is -2.42. The highest BCUT2D eigenvalue weighted by atomic mass is 32.2. The summed E-state index contributed by atoms with van der Waals surface area (Å²) in [5.41, 5.74) is 0.632. The van der Waals surface area contributed by atoms with E-state index in [4.69, 9.17) is 5.11 Å². The van der Waals surface area contributed by atoms with Crippen molar-refractivity contribution in [3.8, 4) is 0 Å². The first-order valence-electron chi connectivity index (χ1n) is 14.0. The number of carbonyl (C=O) groups excluding carboxylic acids is 1. The van der Waals surface area contributed by atoms with Crippen LogP contribution in [0.2, 0.25) is 0 Å². The highest BCUT2D eigenvalue weighted by molar-refractivity contribution is 7.91. The second-order valence-electron chi connectivity index (χ2n) is 11.1. The van der Waals surface area contributed by atoms with Crippen molar-refractivity contribution in [3.63, 3.8) is 0 Å². The van der Waals surface area contributed by atoms with E-state index in [2.05, 4.69) is 5.32 Å². The molecule has 1 heterocycles. The molecule has 0 saturated heterocycles. The number of unbranched alkanes of at least 4 members (excludes halogenated alkanes) is 1. The number of nitrogens with zero attached hydrogens (tertiary/aromatic N) is 2. The molecule has 6 atom stereocenters. The standard InChI is InChI=1S/C29H43N3O9S/c1-5-7-13-29(6-2)17-42(40,41)23-12-11-20(31(3)4)15-21(23)24(32(29)39)18-9-8-10-19(14-18)30-28(38)27(37)26(36)25(35)22(34)16-33/h8-12,14-15,22,24-27,33-37,39H,5-7,13,16-17H2,1-4H3,(H,30,38)/t22-,24-,25-,26+,27-,29-/m1/s1. The van der Waals surface area contributed by atoms with Crippen molar-refractivity contribution in [1.82, 2.24) is 5.06 Å². The van der Waals surface area contributed by atoms with Crippen molar-refractivity contribution >= 4 is 27.1 Å². The minimum atomic E-state index is -3.83. The number of benzene rings is 2. The van der Waals surface area contributed by atoms with Gasteiger partial charge in [-0.25, -0.2) is 8.42 Å². The highest BCUT2D eigenvalue weighted by Crippen LogP contribution is 2.45. The second kappa shape index (κ2) is 13.8. The zero-order chi connectivity index (χ0) is 31.4. The molecule has 0 spiro atoms. The van der Waals surface area contributed by atoms with E-state index in [0.717, 1.165) is 17.2 Å². The number of rotatable bonds is 12. The zero-order valence-corrected chi connectivity index (χ0v) is 25.2. The number of aliphatic hydroxyl groups excluding tert-OH is 5. The molecule has 3 rings (SSSR count). The monoisotopic (exact) mass is 609 g/mol. The van der Waals surface area contributed by atoms with Crippen LogP contribution in [0.25, 0.3) is 0 Å². The highest BCUT2D eigenvalue weighted by Gasteiger charge is 2.48. The molecule has 234 valence electrons. The summed E-state index contributed by atoms with van der Waals surface area (Å²) in [6.07, 6.45) is -5.70. The molecule has 0 bridgehead atoms. The van der Waals surface area contributed by atoms with Gasteiger partial charge in [0.05, 0.1) is 28.8 Å². The Morgan fingerprint density at radius 3 is 2.38 bits per heavy atom. The van der Waals surface area contributed by atoms with Crippen LogP contribution in [0.1, 0.15) is 56.7 Å². The Morgan fingerprint density at radius 1 is 1.10 bits per heavy atom. The minimum Gasteiger partial charge on any atom is -0.394 e. The topological polar surface area (TPSA) is 191 Å². The van der Waals surface area contributed by atoms with Crippen molar-refractivity contribution in [2.75, 3.05) is 36.7 Å². The first kappa shape index (κ1) is 33.9. The molecule has 0 saturated carbocycles. The van der Waals surface area contributed by atoms with E-state index >= 15 is 0 Å². The molecular formula is C29H43N3O9S. The van der Waals surface area contributed by atoms with E-state index in [1.807, 2.05) is 32.8 Å². The maximum atomic E-state index is 13.8. The van der Waals surface area contributed by atoms with Crippen molar-refractivity contribution in [1.29, 1.82) is 0 Å². The first-order chi connectivity index (χ1) is 19.7. The van der Waals surface area contributed by atoms with Crippen LogP contribution in [-0.2, 0) is 14.6 Å². The van der Waals surface area contributed by atoms with E-state index in [9.17, 15) is 38.8 Å². The van der Waals surface area contributed by atoms with Crippen molar-refractivity contribution in [2.45, 2.75) is 80.4 Å². The van der Waals surface area contributed by atoms with Crippen LogP contribution < -0.4 is 10.2 Å². The molecule has 2 aromatic rings. The van der Waals surface area contributed by atoms with E-state index in [-0.39, 0.29) is 16.3 Å². The average Bonchev–Trinajstić information content (AvgIpc) is 3.04. The Labute approximate surface area is 246 Å². The normalized spacial score (nSPS) is 23.2. The number of sulfone groups is 1. The lowest BCUT2D eigenvalue weighted by Crippen LogP contribution is -2.51. The number of amides is 1. The van der Waals surface area contributed by atoms with Gasteiger partial charge in [-0.2, -0.15) is 5.06 Å². The van der Waals surface area contributed by atoms with Crippen LogP contribution in [-0.4, -0.2) is 107 Å². The number of aliphatic hydroxyl groups is 5. The fraction of sp³-hybridized carbons (Fsp3) is 0.552. The van der Waals surface area contributed by atoms with Gasteiger partial charge in [0.2, 0.25) is 0 Å². The summed E-state index contributed by atoms with van der Waals surface area (Å²) in [5, 5.41) is 64.4. The third kappa shape index (κ3) is 6.95.